The van der Waals surface area contributed by atoms with E-state index in [1.807, 2.05) is 34.3 Å². The minimum atomic E-state index is -3.35. The van der Waals surface area contributed by atoms with E-state index in [4.69, 9.17) is 0 Å². The molecule has 0 saturated heterocycles. The predicted octanol–water partition coefficient (Wildman–Crippen LogP) is 2.92. The van der Waals surface area contributed by atoms with E-state index in [-0.39, 0.29) is 6.04 Å². The van der Waals surface area contributed by atoms with Crippen molar-refractivity contribution in [3.05, 3.63) is 44.8 Å². The molecule has 0 amide bonds. The van der Waals surface area contributed by atoms with Gasteiger partial charge in [0.1, 0.15) is 0 Å². The topological polar surface area (TPSA) is 49.7 Å². The van der Waals surface area contributed by atoms with Crippen molar-refractivity contribution >= 4 is 38.4 Å². The van der Waals surface area contributed by atoms with Crippen LogP contribution in [0.15, 0.2) is 39.4 Å². The quantitative estimate of drug-likeness (QED) is 0.875. The van der Waals surface area contributed by atoms with Gasteiger partial charge in [-0.25, -0.2) is 8.42 Å². The molecule has 0 N–H and O–H groups in total. The standard InChI is InChI=1S/C12H12N2O2S3/c1-19(15,16)14-11(9-4-6-17-8-9)7-10(13-14)12-3-2-5-18-12/h2-6,8,11H,7H2,1H3. The van der Waals surface area contributed by atoms with Crippen LogP contribution in [0.2, 0.25) is 0 Å². The fraction of sp³-hybridized carbons (Fsp3) is 0.250. The molecule has 0 spiro atoms. The number of rotatable bonds is 3. The van der Waals surface area contributed by atoms with Gasteiger partial charge in [-0.3, -0.25) is 0 Å². The summed E-state index contributed by atoms with van der Waals surface area (Å²) in [6.07, 6.45) is 1.83. The Balaban J connectivity index is 2.00. The molecule has 0 fully saturated rings. The Labute approximate surface area is 120 Å². The van der Waals surface area contributed by atoms with Crippen LogP contribution < -0.4 is 0 Å². The summed E-state index contributed by atoms with van der Waals surface area (Å²) >= 11 is 3.15. The number of nitrogens with zero attached hydrogens (tertiary/aromatic N) is 2. The number of hydrogen-bond donors (Lipinski definition) is 0. The maximum absolute atomic E-state index is 11.9. The van der Waals surface area contributed by atoms with Crippen molar-refractivity contribution in [1.29, 1.82) is 0 Å². The number of sulfonamides is 1. The van der Waals surface area contributed by atoms with Gasteiger partial charge in [0.15, 0.2) is 0 Å². The number of thiophene rings is 2. The lowest BCUT2D eigenvalue weighted by Gasteiger charge is -2.20. The third-order valence-corrected chi connectivity index (χ3v) is 5.58. The summed E-state index contributed by atoms with van der Waals surface area (Å²) in [6, 6.07) is 5.67. The lowest BCUT2D eigenvalue weighted by molar-refractivity contribution is 0.375. The maximum atomic E-state index is 11.9. The molecule has 3 rings (SSSR count). The molecule has 2 aromatic heterocycles. The van der Waals surface area contributed by atoms with Crippen LogP contribution in [0.3, 0.4) is 0 Å². The summed E-state index contributed by atoms with van der Waals surface area (Å²) < 4.78 is 25.0. The number of hydrogen-bond acceptors (Lipinski definition) is 5. The van der Waals surface area contributed by atoms with Crippen molar-refractivity contribution in [3.8, 4) is 0 Å². The van der Waals surface area contributed by atoms with Crippen LogP contribution in [-0.2, 0) is 10.0 Å². The monoisotopic (exact) mass is 312 g/mol. The lowest BCUT2D eigenvalue weighted by Crippen LogP contribution is -2.25. The summed E-state index contributed by atoms with van der Waals surface area (Å²) in [5.41, 5.74) is 1.85. The molecule has 0 aliphatic carbocycles. The molecule has 0 bridgehead atoms. The summed E-state index contributed by atoms with van der Waals surface area (Å²) in [4.78, 5) is 1.03. The van der Waals surface area contributed by atoms with Crippen molar-refractivity contribution < 1.29 is 8.42 Å². The van der Waals surface area contributed by atoms with E-state index in [1.165, 1.54) is 10.7 Å². The van der Waals surface area contributed by atoms with Crippen molar-refractivity contribution in [3.63, 3.8) is 0 Å². The van der Waals surface area contributed by atoms with Crippen LogP contribution in [0.5, 0.6) is 0 Å². The Kier molecular flexibility index (Phi) is 3.20. The molecule has 1 aliphatic rings. The first-order valence-corrected chi connectivity index (χ1v) is 9.35. The largest absolute Gasteiger partial charge is 0.247 e. The Morgan fingerprint density at radius 1 is 1.37 bits per heavy atom. The Morgan fingerprint density at radius 2 is 2.21 bits per heavy atom. The molecule has 0 saturated carbocycles. The second-order valence-corrected chi connectivity index (χ2v) is 7.90. The Hall–Kier alpha value is -1.18. The minimum Gasteiger partial charge on any atom is -0.205 e. The fourth-order valence-corrected chi connectivity index (χ4v) is 4.43. The van der Waals surface area contributed by atoms with Crippen molar-refractivity contribution in [1.82, 2.24) is 4.41 Å². The minimum absolute atomic E-state index is 0.210. The van der Waals surface area contributed by atoms with Gasteiger partial charge in [0.25, 0.3) is 0 Å². The average Bonchev–Trinajstić information content (AvgIpc) is 3.09. The van der Waals surface area contributed by atoms with E-state index < -0.39 is 10.0 Å². The Morgan fingerprint density at radius 3 is 2.79 bits per heavy atom. The van der Waals surface area contributed by atoms with E-state index in [9.17, 15) is 8.42 Å². The first kappa shape index (κ1) is 12.8. The molecule has 1 unspecified atom stereocenters. The second kappa shape index (κ2) is 4.73. The van der Waals surface area contributed by atoms with Crippen LogP contribution in [0.1, 0.15) is 22.9 Å². The molecule has 4 nitrogen and oxygen atoms in total. The molecule has 7 heteroatoms. The zero-order valence-electron chi connectivity index (χ0n) is 10.2. The van der Waals surface area contributed by atoms with Crippen molar-refractivity contribution in [2.45, 2.75) is 12.5 Å². The highest BCUT2D eigenvalue weighted by molar-refractivity contribution is 7.88. The van der Waals surface area contributed by atoms with Crippen LogP contribution in [0.4, 0.5) is 0 Å². The summed E-state index contributed by atoms with van der Waals surface area (Å²) in [5, 5.41) is 10.2. The average molecular weight is 312 g/mol. The summed E-state index contributed by atoms with van der Waals surface area (Å²) in [5.74, 6) is 0. The molecule has 2 aromatic rings. The highest BCUT2D eigenvalue weighted by Crippen LogP contribution is 2.36. The van der Waals surface area contributed by atoms with E-state index in [0.717, 1.165) is 16.2 Å². The molecule has 0 aromatic carbocycles. The fourth-order valence-electron chi connectivity index (χ4n) is 2.10. The lowest BCUT2D eigenvalue weighted by atomic mass is 10.1. The molecule has 1 aliphatic heterocycles. The van der Waals surface area contributed by atoms with Crippen LogP contribution in [-0.4, -0.2) is 24.8 Å². The van der Waals surface area contributed by atoms with Crippen LogP contribution in [0.25, 0.3) is 0 Å². The molecule has 19 heavy (non-hydrogen) atoms. The van der Waals surface area contributed by atoms with Gasteiger partial charge in [0, 0.05) is 6.42 Å². The molecular weight excluding hydrogens is 300 g/mol. The third-order valence-electron chi connectivity index (χ3n) is 2.95. The second-order valence-electron chi connectivity index (χ2n) is 4.34. The highest BCUT2D eigenvalue weighted by Gasteiger charge is 2.34. The van der Waals surface area contributed by atoms with Crippen molar-refractivity contribution in [2.75, 3.05) is 6.26 Å². The maximum Gasteiger partial charge on any atom is 0.247 e. The summed E-state index contributed by atoms with van der Waals surface area (Å²) in [6.45, 7) is 0. The zero-order valence-corrected chi connectivity index (χ0v) is 12.6. The van der Waals surface area contributed by atoms with E-state index in [2.05, 4.69) is 5.10 Å². The van der Waals surface area contributed by atoms with Gasteiger partial charge < -0.3 is 0 Å². The van der Waals surface area contributed by atoms with E-state index >= 15 is 0 Å². The van der Waals surface area contributed by atoms with Gasteiger partial charge in [-0.2, -0.15) is 20.9 Å². The van der Waals surface area contributed by atoms with Gasteiger partial charge in [-0.05, 0) is 33.8 Å². The summed E-state index contributed by atoms with van der Waals surface area (Å²) in [7, 11) is -3.35. The molecule has 0 radical (unpaired) electrons. The first-order chi connectivity index (χ1) is 9.05. The highest BCUT2D eigenvalue weighted by atomic mass is 32.2. The van der Waals surface area contributed by atoms with Gasteiger partial charge in [-0.1, -0.05) is 6.07 Å². The Bertz CT molecular complexity index is 687. The van der Waals surface area contributed by atoms with E-state index in [0.29, 0.717) is 6.42 Å². The van der Waals surface area contributed by atoms with Crippen LogP contribution in [0, 0.1) is 0 Å². The predicted molar refractivity (Wildman–Crippen MR) is 79.2 cm³/mol. The van der Waals surface area contributed by atoms with Crippen molar-refractivity contribution in [2.24, 2.45) is 5.10 Å². The van der Waals surface area contributed by atoms with Gasteiger partial charge in [0.05, 0.1) is 22.9 Å². The van der Waals surface area contributed by atoms with Crippen LogP contribution >= 0.6 is 22.7 Å². The normalized spacial score (nSPS) is 19.7. The van der Waals surface area contributed by atoms with Gasteiger partial charge in [0.2, 0.25) is 10.0 Å². The first-order valence-electron chi connectivity index (χ1n) is 5.68. The van der Waals surface area contributed by atoms with Gasteiger partial charge >= 0.3 is 0 Å². The molecule has 1 atom stereocenters. The SMILES string of the molecule is CS(=O)(=O)N1N=C(c2cccs2)CC1c1ccsc1. The third kappa shape index (κ3) is 2.45. The molecule has 3 heterocycles. The number of hydrazone groups is 1. The van der Waals surface area contributed by atoms with Gasteiger partial charge in [-0.15, -0.1) is 11.3 Å². The zero-order chi connectivity index (χ0) is 13.5. The smallest absolute Gasteiger partial charge is 0.205 e. The van der Waals surface area contributed by atoms with E-state index in [1.54, 1.807) is 22.7 Å². The molecular formula is C12H12N2O2S3. The molecule has 100 valence electrons.